The van der Waals surface area contributed by atoms with Crippen LogP contribution in [0.15, 0.2) is 64.9 Å². The molecule has 0 unspecified atom stereocenters. The first-order valence-electron chi connectivity index (χ1n) is 8.73. The maximum absolute atomic E-state index is 13.4. The quantitative estimate of drug-likeness (QED) is 0.507. The Morgan fingerprint density at radius 3 is 2.53 bits per heavy atom. The molecule has 0 fully saturated rings. The van der Waals surface area contributed by atoms with Crippen molar-refractivity contribution in [3.8, 4) is 5.75 Å². The van der Waals surface area contributed by atoms with Crippen molar-refractivity contribution in [2.75, 3.05) is 18.0 Å². The van der Waals surface area contributed by atoms with Crippen LogP contribution in [0, 0.1) is 0 Å². The Kier molecular flexibility index (Phi) is 7.25. The summed E-state index contributed by atoms with van der Waals surface area (Å²) < 4.78 is 33.2. The minimum atomic E-state index is -4.14. The fourth-order valence-corrected chi connectivity index (χ4v) is 5.15. The van der Waals surface area contributed by atoms with Crippen molar-refractivity contribution in [1.82, 2.24) is 5.32 Å². The molecular weight excluding hydrogens is 467 g/mol. The molecule has 0 radical (unpaired) electrons. The molecule has 10 heteroatoms. The van der Waals surface area contributed by atoms with E-state index in [1.807, 2.05) is 17.5 Å². The molecule has 1 amide bonds. The molecule has 30 heavy (non-hydrogen) atoms. The highest BCUT2D eigenvalue weighted by Gasteiger charge is 2.29. The van der Waals surface area contributed by atoms with E-state index in [1.165, 1.54) is 36.6 Å². The van der Waals surface area contributed by atoms with Crippen LogP contribution in [0.25, 0.3) is 0 Å². The van der Waals surface area contributed by atoms with Gasteiger partial charge in [0.25, 0.3) is 10.0 Å². The lowest BCUT2D eigenvalue weighted by Gasteiger charge is -2.25. The predicted octanol–water partition coefficient (Wildman–Crippen LogP) is 4.58. The molecule has 2 aromatic carbocycles. The number of ether oxygens (including phenoxy) is 1. The molecule has 0 aliphatic rings. The summed E-state index contributed by atoms with van der Waals surface area (Å²) in [6.45, 7) is -0.128. The van der Waals surface area contributed by atoms with Crippen LogP contribution >= 0.6 is 34.5 Å². The van der Waals surface area contributed by atoms with E-state index in [9.17, 15) is 13.2 Å². The summed E-state index contributed by atoms with van der Waals surface area (Å²) >= 11 is 13.4. The molecule has 0 atom stereocenters. The monoisotopic (exact) mass is 484 g/mol. The molecule has 1 aromatic heterocycles. The van der Waals surface area contributed by atoms with E-state index in [0.29, 0.717) is 12.3 Å². The van der Waals surface area contributed by atoms with E-state index in [4.69, 9.17) is 27.9 Å². The molecule has 1 N–H and O–H groups in total. The minimum absolute atomic E-state index is 0.0890. The van der Waals surface area contributed by atoms with Gasteiger partial charge in [0, 0.05) is 4.88 Å². The first kappa shape index (κ1) is 22.4. The summed E-state index contributed by atoms with van der Waals surface area (Å²) in [4.78, 5) is 13.5. The predicted molar refractivity (Wildman–Crippen MR) is 120 cm³/mol. The average molecular weight is 485 g/mol. The Morgan fingerprint density at radius 2 is 1.87 bits per heavy atom. The van der Waals surface area contributed by atoms with E-state index < -0.39 is 22.5 Å². The molecule has 3 aromatic rings. The van der Waals surface area contributed by atoms with Gasteiger partial charge < -0.3 is 10.1 Å². The first-order chi connectivity index (χ1) is 14.3. The molecule has 0 saturated heterocycles. The van der Waals surface area contributed by atoms with Gasteiger partial charge in [-0.2, -0.15) is 0 Å². The summed E-state index contributed by atoms with van der Waals surface area (Å²) in [5.41, 5.74) is 0.234. The van der Waals surface area contributed by atoms with Crippen molar-refractivity contribution in [3.05, 3.63) is 74.9 Å². The maximum Gasteiger partial charge on any atom is 0.264 e. The lowest BCUT2D eigenvalue weighted by atomic mass is 10.3. The third-order valence-electron chi connectivity index (χ3n) is 4.16. The standard InChI is InChI=1S/C20H18Cl2N2O4S2/c1-28-19-7-3-2-6-18(19)24(13-20(25)23-12-14-5-4-10-29-14)30(26,27)15-8-9-16(21)17(22)11-15/h2-11H,12-13H2,1H3,(H,23,25). The molecule has 0 saturated carbocycles. The number of halogens is 2. The molecule has 6 nitrogen and oxygen atoms in total. The summed E-state index contributed by atoms with van der Waals surface area (Å²) in [6, 6.07) is 14.3. The van der Waals surface area contributed by atoms with Crippen molar-refractivity contribution >= 4 is 56.2 Å². The lowest BCUT2D eigenvalue weighted by molar-refractivity contribution is -0.119. The van der Waals surface area contributed by atoms with E-state index in [-0.39, 0.29) is 20.6 Å². The fourth-order valence-electron chi connectivity index (χ4n) is 2.69. The minimum Gasteiger partial charge on any atom is -0.495 e. The van der Waals surface area contributed by atoms with Gasteiger partial charge in [-0.1, -0.05) is 41.4 Å². The normalized spacial score (nSPS) is 11.2. The van der Waals surface area contributed by atoms with Crippen LogP contribution in [0.3, 0.4) is 0 Å². The SMILES string of the molecule is COc1ccccc1N(CC(=O)NCc1cccs1)S(=O)(=O)c1ccc(Cl)c(Cl)c1. The molecule has 158 valence electrons. The number of hydrogen-bond donors (Lipinski definition) is 1. The van der Waals surface area contributed by atoms with Gasteiger partial charge in [0.2, 0.25) is 5.91 Å². The summed E-state index contributed by atoms with van der Waals surface area (Å²) in [5, 5.41) is 4.97. The van der Waals surface area contributed by atoms with Gasteiger partial charge in [-0.3, -0.25) is 9.10 Å². The molecular formula is C20H18Cl2N2O4S2. The van der Waals surface area contributed by atoms with Crippen LogP contribution < -0.4 is 14.4 Å². The molecule has 0 bridgehead atoms. The Morgan fingerprint density at radius 1 is 1.10 bits per heavy atom. The molecule has 3 rings (SSSR count). The second kappa shape index (κ2) is 9.70. The molecule has 0 aliphatic heterocycles. The fraction of sp³-hybridized carbons (Fsp3) is 0.150. The first-order valence-corrected chi connectivity index (χ1v) is 11.8. The van der Waals surface area contributed by atoms with Crippen LogP contribution in [0.5, 0.6) is 5.75 Å². The Hall–Kier alpha value is -2.26. The number of para-hydroxylation sites is 2. The number of nitrogens with zero attached hydrogens (tertiary/aromatic N) is 1. The highest BCUT2D eigenvalue weighted by atomic mass is 35.5. The topological polar surface area (TPSA) is 75.7 Å². The molecule has 1 heterocycles. The smallest absolute Gasteiger partial charge is 0.264 e. The van der Waals surface area contributed by atoms with Crippen molar-refractivity contribution in [1.29, 1.82) is 0 Å². The number of anilines is 1. The number of nitrogens with one attached hydrogen (secondary N) is 1. The zero-order valence-electron chi connectivity index (χ0n) is 15.8. The second-order valence-electron chi connectivity index (χ2n) is 6.12. The van der Waals surface area contributed by atoms with Gasteiger partial charge in [0.05, 0.1) is 34.3 Å². The number of sulfonamides is 1. The van der Waals surface area contributed by atoms with Gasteiger partial charge in [0.15, 0.2) is 0 Å². The van der Waals surface area contributed by atoms with E-state index in [1.54, 1.807) is 24.3 Å². The van der Waals surface area contributed by atoms with Gasteiger partial charge in [-0.05, 0) is 41.8 Å². The van der Waals surface area contributed by atoms with E-state index >= 15 is 0 Å². The Balaban J connectivity index is 1.96. The highest BCUT2D eigenvalue weighted by molar-refractivity contribution is 7.92. The highest BCUT2D eigenvalue weighted by Crippen LogP contribution is 2.33. The van der Waals surface area contributed by atoms with Crippen molar-refractivity contribution in [2.24, 2.45) is 0 Å². The van der Waals surface area contributed by atoms with Gasteiger partial charge in [0.1, 0.15) is 12.3 Å². The Labute approximate surface area is 189 Å². The number of hydrogen-bond acceptors (Lipinski definition) is 5. The van der Waals surface area contributed by atoms with Crippen LogP contribution in [0.2, 0.25) is 10.0 Å². The summed E-state index contributed by atoms with van der Waals surface area (Å²) in [5.74, 6) is -0.148. The van der Waals surface area contributed by atoms with Crippen molar-refractivity contribution in [2.45, 2.75) is 11.4 Å². The number of carbonyl (C=O) groups excluding carboxylic acids is 1. The van der Waals surface area contributed by atoms with Crippen molar-refractivity contribution in [3.63, 3.8) is 0 Å². The van der Waals surface area contributed by atoms with Gasteiger partial charge in [-0.15, -0.1) is 11.3 Å². The van der Waals surface area contributed by atoms with Crippen LogP contribution in [-0.4, -0.2) is 28.0 Å². The average Bonchev–Trinajstić information content (AvgIpc) is 3.26. The number of amides is 1. The summed E-state index contributed by atoms with van der Waals surface area (Å²) in [6.07, 6.45) is 0. The van der Waals surface area contributed by atoms with E-state index in [0.717, 1.165) is 9.18 Å². The third-order valence-corrected chi connectivity index (χ3v) is 7.53. The number of benzene rings is 2. The largest absolute Gasteiger partial charge is 0.495 e. The number of thiophene rings is 1. The number of methoxy groups -OCH3 is 1. The maximum atomic E-state index is 13.4. The number of carbonyl (C=O) groups is 1. The second-order valence-corrected chi connectivity index (χ2v) is 9.82. The summed E-state index contributed by atoms with van der Waals surface area (Å²) in [7, 11) is -2.71. The van der Waals surface area contributed by atoms with Crippen LogP contribution in [-0.2, 0) is 21.4 Å². The molecule has 0 aliphatic carbocycles. The zero-order valence-corrected chi connectivity index (χ0v) is 19.0. The molecule has 0 spiro atoms. The van der Waals surface area contributed by atoms with Gasteiger partial charge in [-0.25, -0.2) is 8.42 Å². The van der Waals surface area contributed by atoms with Crippen LogP contribution in [0.4, 0.5) is 5.69 Å². The zero-order chi connectivity index (χ0) is 21.7. The third kappa shape index (κ3) is 5.07. The Bertz CT molecular complexity index is 1140. The van der Waals surface area contributed by atoms with E-state index in [2.05, 4.69) is 5.32 Å². The van der Waals surface area contributed by atoms with Gasteiger partial charge >= 0.3 is 0 Å². The van der Waals surface area contributed by atoms with Crippen molar-refractivity contribution < 1.29 is 17.9 Å². The number of rotatable bonds is 8. The lowest BCUT2D eigenvalue weighted by Crippen LogP contribution is -2.40. The van der Waals surface area contributed by atoms with Crippen LogP contribution in [0.1, 0.15) is 4.88 Å².